The number of phosphoric acid groups is 2. The second-order valence-corrected chi connectivity index (χ2v) is 17.0. The average Bonchev–Trinajstić information content (AvgIpc) is 4.00. The summed E-state index contributed by atoms with van der Waals surface area (Å²) in [7, 11) is -10.8. The number of amides is 1. The lowest BCUT2D eigenvalue weighted by atomic mass is 10.1. The van der Waals surface area contributed by atoms with Gasteiger partial charge >= 0.3 is 21.6 Å². The van der Waals surface area contributed by atoms with Crippen molar-refractivity contribution in [1.82, 2.24) is 44.4 Å². The monoisotopic (exact) mass is 969 g/mol. The van der Waals surface area contributed by atoms with Crippen LogP contribution in [0.5, 0.6) is 5.75 Å². The number of aromatic nitrogens is 8. The number of hydrogen-bond donors (Lipinski definition) is 8. The lowest BCUT2D eigenvalue weighted by molar-refractivity contribution is -0.135. The summed E-state index contributed by atoms with van der Waals surface area (Å²) < 4.78 is 135. The molecule has 3 saturated heterocycles. The standard InChI is InChI=1S/C31H30F5N11O16P2/c32-12-13(33)15(35)23(16(36)14(12)34)61-11(49)3-1-2-10(48)41-17-21-8(59-28(17)46-6-39-18-24(46)42-30(37)44-26(18)51)4-57-65(55,56)63-22-9(5-58-64(53,54)62-21)60-29(20(22)50)47-7-40-19-25(47)43-31(38)45-27(19)52/h6-9,17,20-22,28-29,50H,1-5H2,(H,41,48)(H,53,54)(H,55,56)(H3,37,42,44,51)(H3,38,43,45,52)/t8-,9-,17?,20+,21+,22?,28-,29-/m1/s1. The maximum Gasteiger partial charge on any atom is 0.472 e. The van der Waals surface area contributed by atoms with Gasteiger partial charge in [-0.25, -0.2) is 32.3 Å². The molecular weight excluding hydrogens is 939 g/mol. The van der Waals surface area contributed by atoms with E-state index in [-0.39, 0.29) is 28.3 Å². The number of rotatable bonds is 8. The lowest BCUT2D eigenvalue weighted by Gasteiger charge is -2.29. The molecule has 0 aliphatic carbocycles. The number of H-pyrrole nitrogens is 2. The summed E-state index contributed by atoms with van der Waals surface area (Å²) in [5.74, 6) is -17.4. The van der Waals surface area contributed by atoms with Crippen LogP contribution in [0, 0.1) is 29.1 Å². The first-order chi connectivity index (χ1) is 30.6. The first kappa shape index (κ1) is 45.8. The molecule has 7 heterocycles. The fourth-order valence-electron chi connectivity index (χ4n) is 7.06. The molecule has 34 heteroatoms. The highest BCUT2D eigenvalue weighted by molar-refractivity contribution is 7.47. The third kappa shape index (κ3) is 8.84. The Kier molecular flexibility index (Phi) is 12.1. The minimum absolute atomic E-state index is 0.210. The molecule has 5 aromatic rings. The number of fused-ring (bicyclic) bond motifs is 4. The molecule has 10 atom stereocenters. The van der Waals surface area contributed by atoms with E-state index >= 15 is 0 Å². The number of ether oxygens (including phenoxy) is 3. The van der Waals surface area contributed by atoms with Gasteiger partial charge in [0, 0.05) is 12.8 Å². The fraction of sp³-hybridized carbons (Fsp3) is 0.419. The van der Waals surface area contributed by atoms with Crippen LogP contribution in [0.2, 0.25) is 0 Å². The predicted molar refractivity (Wildman–Crippen MR) is 198 cm³/mol. The third-order valence-electron chi connectivity index (χ3n) is 9.91. The van der Waals surface area contributed by atoms with Gasteiger partial charge in [0.05, 0.1) is 25.9 Å². The highest BCUT2D eigenvalue weighted by Gasteiger charge is 2.54. The van der Waals surface area contributed by atoms with Crippen LogP contribution in [0.3, 0.4) is 0 Å². The molecule has 8 rings (SSSR count). The molecule has 3 aliphatic rings. The van der Waals surface area contributed by atoms with Crippen molar-refractivity contribution in [2.75, 3.05) is 24.7 Å². The lowest BCUT2D eigenvalue weighted by Crippen LogP contribution is -2.48. The van der Waals surface area contributed by atoms with E-state index in [4.69, 9.17) is 39.0 Å². The number of aromatic amines is 2. The number of halogens is 5. The molecule has 4 unspecified atom stereocenters. The van der Waals surface area contributed by atoms with Crippen LogP contribution in [0.1, 0.15) is 31.7 Å². The van der Waals surface area contributed by atoms with Crippen LogP contribution < -0.4 is 32.6 Å². The first-order valence-corrected chi connectivity index (χ1v) is 21.4. The molecule has 1 amide bonds. The molecule has 65 heavy (non-hydrogen) atoms. The van der Waals surface area contributed by atoms with Crippen molar-refractivity contribution >= 4 is 61.7 Å². The number of carbonyl (C=O) groups excluding carboxylic acids is 2. The highest BCUT2D eigenvalue weighted by atomic mass is 31.2. The van der Waals surface area contributed by atoms with Gasteiger partial charge in [-0.2, -0.15) is 18.7 Å². The van der Waals surface area contributed by atoms with Crippen molar-refractivity contribution in [3.63, 3.8) is 0 Å². The molecule has 3 fully saturated rings. The Morgan fingerprint density at radius 1 is 0.785 bits per heavy atom. The molecule has 350 valence electrons. The van der Waals surface area contributed by atoms with E-state index in [1.54, 1.807) is 0 Å². The number of benzene rings is 1. The Balaban J connectivity index is 1.05. The number of nitrogens with zero attached hydrogens (tertiary/aromatic N) is 6. The van der Waals surface area contributed by atoms with Crippen LogP contribution in [0.4, 0.5) is 33.8 Å². The van der Waals surface area contributed by atoms with Crippen LogP contribution in [0.15, 0.2) is 22.2 Å². The number of esters is 1. The van der Waals surface area contributed by atoms with Gasteiger partial charge < -0.3 is 45.9 Å². The van der Waals surface area contributed by atoms with E-state index in [1.165, 1.54) is 0 Å². The number of nitrogen functional groups attached to an aromatic ring is 2. The maximum atomic E-state index is 14.1. The maximum absolute atomic E-state index is 14.1. The van der Waals surface area contributed by atoms with Gasteiger partial charge in [0.15, 0.2) is 34.8 Å². The minimum Gasteiger partial charge on any atom is -0.420 e. The van der Waals surface area contributed by atoms with Crippen molar-refractivity contribution in [3.05, 3.63) is 62.4 Å². The molecule has 1 aromatic carbocycles. The number of hydrogen-bond acceptors (Lipinski definition) is 20. The quantitative estimate of drug-likeness (QED) is 0.0244. The largest absolute Gasteiger partial charge is 0.472 e. The van der Waals surface area contributed by atoms with E-state index in [2.05, 4.69) is 40.0 Å². The summed E-state index contributed by atoms with van der Waals surface area (Å²) in [5.41, 5.74) is 8.70. The number of imidazole rings is 2. The van der Waals surface area contributed by atoms with Crippen molar-refractivity contribution < 1.29 is 87.9 Å². The molecule has 4 aromatic heterocycles. The Hall–Kier alpha value is -5.79. The van der Waals surface area contributed by atoms with Crippen LogP contribution in [0.25, 0.3) is 22.3 Å². The molecule has 0 radical (unpaired) electrons. The third-order valence-corrected chi connectivity index (χ3v) is 11.9. The van der Waals surface area contributed by atoms with E-state index in [1.807, 2.05) is 0 Å². The molecule has 3 aliphatic heterocycles. The smallest absolute Gasteiger partial charge is 0.420 e. The number of nitrogens with two attached hydrogens (primary N) is 2. The van der Waals surface area contributed by atoms with Crippen molar-refractivity contribution in [3.8, 4) is 5.75 Å². The number of aliphatic hydroxyl groups is 1. The predicted octanol–water partition coefficient (Wildman–Crippen LogP) is -0.453. The van der Waals surface area contributed by atoms with Gasteiger partial charge in [-0.3, -0.25) is 56.4 Å². The van der Waals surface area contributed by atoms with Gasteiger partial charge in [-0.15, -0.1) is 0 Å². The molecule has 27 nitrogen and oxygen atoms in total. The number of carbonyl (C=O) groups is 2. The minimum atomic E-state index is -5.42. The molecule has 10 N–H and O–H groups in total. The first-order valence-electron chi connectivity index (χ1n) is 18.4. The van der Waals surface area contributed by atoms with Crippen LogP contribution >= 0.6 is 15.6 Å². The zero-order chi connectivity index (χ0) is 46.9. The van der Waals surface area contributed by atoms with Crippen LogP contribution in [-0.4, -0.2) is 116 Å². The Bertz CT molecular complexity index is 2930. The summed E-state index contributed by atoms with van der Waals surface area (Å²) in [6.07, 6.45) is -12.5. The van der Waals surface area contributed by atoms with Gasteiger partial charge in [0.25, 0.3) is 11.1 Å². The number of nitrogens with one attached hydrogen (secondary N) is 3. The van der Waals surface area contributed by atoms with Crippen molar-refractivity contribution in [1.29, 1.82) is 0 Å². The molecule has 0 spiro atoms. The van der Waals surface area contributed by atoms with Crippen LogP contribution in [-0.2, 0) is 46.3 Å². The molecule has 0 bridgehead atoms. The Labute approximate surface area is 355 Å². The zero-order valence-electron chi connectivity index (χ0n) is 32.1. The number of phosphoric ester groups is 2. The molecule has 0 saturated carbocycles. The van der Waals surface area contributed by atoms with E-state index in [0.29, 0.717) is 0 Å². The van der Waals surface area contributed by atoms with E-state index in [9.17, 15) is 65.2 Å². The zero-order valence-corrected chi connectivity index (χ0v) is 33.9. The van der Waals surface area contributed by atoms with Gasteiger partial charge in [0.2, 0.25) is 52.6 Å². The van der Waals surface area contributed by atoms with E-state index in [0.717, 1.165) is 21.8 Å². The molecular formula is C31H30F5N11O16P2. The highest BCUT2D eigenvalue weighted by Crippen LogP contribution is 2.54. The summed E-state index contributed by atoms with van der Waals surface area (Å²) in [6, 6.07) is -1.72. The average molecular weight is 970 g/mol. The Morgan fingerprint density at radius 3 is 1.82 bits per heavy atom. The van der Waals surface area contributed by atoms with Crippen molar-refractivity contribution in [2.24, 2.45) is 0 Å². The normalized spacial score (nSPS) is 29.5. The summed E-state index contributed by atoms with van der Waals surface area (Å²) in [6.45, 7) is -2.10. The topological polar surface area (TPSA) is 385 Å². The van der Waals surface area contributed by atoms with Gasteiger partial charge in [-0.05, 0) is 6.42 Å². The van der Waals surface area contributed by atoms with Crippen molar-refractivity contribution in [2.45, 2.75) is 68.3 Å². The summed E-state index contributed by atoms with van der Waals surface area (Å²) in [5, 5.41) is 13.7. The number of aliphatic hydroxyl groups excluding tert-OH is 1. The second-order valence-electron chi connectivity index (χ2n) is 14.2. The second kappa shape index (κ2) is 17.2. The summed E-state index contributed by atoms with van der Waals surface area (Å²) in [4.78, 5) is 93.1. The summed E-state index contributed by atoms with van der Waals surface area (Å²) >= 11 is 0. The fourth-order valence-corrected chi connectivity index (χ4v) is 9.00. The van der Waals surface area contributed by atoms with Gasteiger partial charge in [0.1, 0.15) is 36.6 Å². The Morgan fingerprint density at radius 2 is 1.26 bits per heavy atom. The van der Waals surface area contributed by atoms with E-state index < -0.39 is 161 Å². The van der Waals surface area contributed by atoms with Gasteiger partial charge in [-0.1, -0.05) is 0 Å². The SMILES string of the molecule is Nc1nc2c(ncn2[C@@H]2O[C@@H]3COP(=O)(O)OC4[C@@H](COP(=O)(O)O[C@@H]3C2NC(=O)CCCC(=O)Oc2c(F)c(F)c(F)c(F)c2F)O[C@@H](n2cnc3c(=O)[nH]c(N)nc32)[C@H]4O)c(=O)[nH]1. The number of anilines is 2.